The van der Waals surface area contributed by atoms with E-state index in [0.29, 0.717) is 6.61 Å². The second-order valence-corrected chi connectivity index (χ2v) is 3.86. The third-order valence-electron chi connectivity index (χ3n) is 2.84. The molecule has 1 aromatic carbocycles. The molecule has 1 aromatic rings. The van der Waals surface area contributed by atoms with Crippen molar-refractivity contribution in [2.75, 3.05) is 0 Å². The van der Waals surface area contributed by atoms with Crippen LogP contribution in [-0.4, -0.2) is 6.10 Å². The molecule has 0 saturated heterocycles. The molecule has 1 aliphatic rings. The summed E-state index contributed by atoms with van der Waals surface area (Å²) in [5, 5.41) is 0. The van der Waals surface area contributed by atoms with Gasteiger partial charge in [-0.2, -0.15) is 0 Å². The number of rotatable bonds is 2. The van der Waals surface area contributed by atoms with Gasteiger partial charge >= 0.3 is 0 Å². The van der Waals surface area contributed by atoms with Crippen molar-refractivity contribution in [3.05, 3.63) is 35.4 Å². The number of fused-ring (bicyclic) bond motifs is 1. The minimum atomic E-state index is 0.0555. The number of hydrogen-bond acceptors (Lipinski definition) is 2. The lowest BCUT2D eigenvalue weighted by Gasteiger charge is -2.31. The summed E-state index contributed by atoms with van der Waals surface area (Å²) in [5.74, 6) is 0. The molecule has 2 unspecified atom stereocenters. The summed E-state index contributed by atoms with van der Waals surface area (Å²) < 4.78 is 5.73. The van der Waals surface area contributed by atoms with Crippen LogP contribution in [0, 0.1) is 0 Å². The summed E-state index contributed by atoms with van der Waals surface area (Å²) in [6, 6.07) is 8.35. The Balaban J connectivity index is 2.22. The van der Waals surface area contributed by atoms with E-state index in [1.54, 1.807) is 0 Å². The molecule has 0 amide bonds. The van der Waals surface area contributed by atoms with Gasteiger partial charge in [-0.25, -0.2) is 0 Å². The summed E-state index contributed by atoms with van der Waals surface area (Å²) in [6.45, 7) is 2.88. The average Bonchev–Trinajstić information content (AvgIpc) is 2.23. The number of nitrogens with two attached hydrogens (primary N) is 1. The molecule has 0 bridgehead atoms. The zero-order chi connectivity index (χ0) is 9.97. The second-order valence-electron chi connectivity index (χ2n) is 3.86. The Labute approximate surface area is 85.1 Å². The van der Waals surface area contributed by atoms with Gasteiger partial charge < -0.3 is 10.5 Å². The fourth-order valence-electron chi connectivity index (χ4n) is 2.04. The molecule has 76 valence electrons. The molecule has 0 spiro atoms. The Bertz CT molecular complexity index is 311. The maximum atomic E-state index is 6.15. The number of hydrogen-bond donors (Lipinski definition) is 1. The van der Waals surface area contributed by atoms with E-state index in [9.17, 15) is 0 Å². The second kappa shape index (κ2) is 4.11. The molecular formula is C12H17NO. The first-order valence-electron chi connectivity index (χ1n) is 5.28. The van der Waals surface area contributed by atoms with E-state index in [0.717, 1.165) is 12.8 Å². The van der Waals surface area contributed by atoms with Crippen LogP contribution in [0.5, 0.6) is 0 Å². The van der Waals surface area contributed by atoms with Crippen molar-refractivity contribution >= 4 is 0 Å². The number of ether oxygens (including phenoxy) is 1. The first-order valence-corrected chi connectivity index (χ1v) is 5.28. The third-order valence-corrected chi connectivity index (χ3v) is 2.84. The van der Waals surface area contributed by atoms with E-state index >= 15 is 0 Å². The summed E-state index contributed by atoms with van der Waals surface area (Å²) in [5.41, 5.74) is 8.66. The van der Waals surface area contributed by atoms with Crippen LogP contribution < -0.4 is 5.73 Å². The van der Waals surface area contributed by atoms with E-state index < -0.39 is 0 Å². The van der Waals surface area contributed by atoms with Crippen LogP contribution in [0.4, 0.5) is 0 Å². The minimum absolute atomic E-state index is 0.0555. The van der Waals surface area contributed by atoms with Gasteiger partial charge in [0, 0.05) is 0 Å². The van der Waals surface area contributed by atoms with Gasteiger partial charge in [-0.05, 0) is 17.5 Å². The van der Waals surface area contributed by atoms with Gasteiger partial charge in [0.1, 0.15) is 0 Å². The highest BCUT2D eigenvalue weighted by Gasteiger charge is 2.25. The molecule has 2 rings (SSSR count). The molecule has 0 fully saturated rings. The van der Waals surface area contributed by atoms with Crippen LogP contribution in [0.1, 0.15) is 36.9 Å². The smallest absolute Gasteiger partial charge is 0.0772 e. The molecule has 2 heteroatoms. The van der Waals surface area contributed by atoms with Gasteiger partial charge in [-0.3, -0.25) is 0 Å². The topological polar surface area (TPSA) is 35.2 Å². The minimum Gasteiger partial charge on any atom is -0.372 e. The highest BCUT2D eigenvalue weighted by Crippen LogP contribution is 2.29. The van der Waals surface area contributed by atoms with Crippen molar-refractivity contribution in [2.24, 2.45) is 5.73 Å². The molecule has 2 nitrogen and oxygen atoms in total. The lowest BCUT2D eigenvalue weighted by Crippen LogP contribution is -2.33. The SMILES string of the molecule is CCCC1OCc2ccccc2C1N. The van der Waals surface area contributed by atoms with Crippen LogP contribution in [-0.2, 0) is 11.3 Å². The van der Waals surface area contributed by atoms with E-state index in [1.165, 1.54) is 11.1 Å². The van der Waals surface area contributed by atoms with E-state index in [1.807, 2.05) is 12.1 Å². The molecule has 2 N–H and O–H groups in total. The Hall–Kier alpha value is -0.860. The summed E-state index contributed by atoms with van der Waals surface area (Å²) in [7, 11) is 0. The van der Waals surface area contributed by atoms with Crippen molar-refractivity contribution in [1.29, 1.82) is 0 Å². The maximum absolute atomic E-state index is 6.15. The Morgan fingerprint density at radius 3 is 3.00 bits per heavy atom. The Kier molecular flexibility index (Phi) is 2.85. The predicted octanol–water partition coefficient (Wildman–Crippen LogP) is 2.39. The highest BCUT2D eigenvalue weighted by molar-refractivity contribution is 5.31. The monoisotopic (exact) mass is 191 g/mol. The molecule has 0 saturated carbocycles. The van der Waals surface area contributed by atoms with Crippen LogP contribution in [0.3, 0.4) is 0 Å². The predicted molar refractivity (Wildman–Crippen MR) is 56.9 cm³/mol. The van der Waals surface area contributed by atoms with Crippen molar-refractivity contribution in [2.45, 2.75) is 38.5 Å². The molecule has 1 heterocycles. The molecule has 1 aliphatic heterocycles. The molecule has 0 radical (unpaired) electrons. The lowest BCUT2D eigenvalue weighted by atomic mass is 9.92. The molecular weight excluding hydrogens is 174 g/mol. The van der Waals surface area contributed by atoms with Crippen LogP contribution in [0.15, 0.2) is 24.3 Å². The molecule has 0 aliphatic carbocycles. The maximum Gasteiger partial charge on any atom is 0.0772 e. The first-order chi connectivity index (χ1) is 6.83. The largest absolute Gasteiger partial charge is 0.372 e. The van der Waals surface area contributed by atoms with Gasteiger partial charge in [-0.15, -0.1) is 0 Å². The zero-order valence-corrected chi connectivity index (χ0v) is 8.57. The summed E-state index contributed by atoms with van der Waals surface area (Å²) in [6.07, 6.45) is 2.38. The van der Waals surface area contributed by atoms with Gasteiger partial charge in [0.25, 0.3) is 0 Å². The Morgan fingerprint density at radius 2 is 2.21 bits per heavy atom. The summed E-state index contributed by atoms with van der Waals surface area (Å²) >= 11 is 0. The van der Waals surface area contributed by atoms with Crippen LogP contribution >= 0.6 is 0 Å². The first kappa shape index (κ1) is 9.69. The average molecular weight is 191 g/mol. The lowest BCUT2D eigenvalue weighted by molar-refractivity contribution is 0.00338. The fraction of sp³-hybridized carbons (Fsp3) is 0.500. The third kappa shape index (κ3) is 1.68. The van der Waals surface area contributed by atoms with Crippen LogP contribution in [0.2, 0.25) is 0 Å². The Morgan fingerprint density at radius 1 is 1.43 bits per heavy atom. The number of benzene rings is 1. The van der Waals surface area contributed by atoms with Crippen molar-refractivity contribution in [3.8, 4) is 0 Å². The molecule has 0 aromatic heterocycles. The summed E-state index contributed by atoms with van der Waals surface area (Å²) in [4.78, 5) is 0. The molecule has 14 heavy (non-hydrogen) atoms. The van der Waals surface area contributed by atoms with Crippen molar-refractivity contribution in [3.63, 3.8) is 0 Å². The van der Waals surface area contributed by atoms with E-state index in [2.05, 4.69) is 19.1 Å². The van der Waals surface area contributed by atoms with Gasteiger partial charge in [0.2, 0.25) is 0 Å². The van der Waals surface area contributed by atoms with Gasteiger partial charge in [0.05, 0.1) is 18.8 Å². The van der Waals surface area contributed by atoms with Crippen LogP contribution in [0.25, 0.3) is 0 Å². The van der Waals surface area contributed by atoms with Gasteiger partial charge in [-0.1, -0.05) is 37.6 Å². The van der Waals surface area contributed by atoms with Crippen molar-refractivity contribution < 1.29 is 4.74 Å². The van der Waals surface area contributed by atoms with E-state index in [-0.39, 0.29) is 12.1 Å². The van der Waals surface area contributed by atoms with Crippen molar-refractivity contribution in [1.82, 2.24) is 0 Å². The normalized spacial score (nSPS) is 25.9. The fourth-order valence-corrected chi connectivity index (χ4v) is 2.04. The van der Waals surface area contributed by atoms with E-state index in [4.69, 9.17) is 10.5 Å². The zero-order valence-electron chi connectivity index (χ0n) is 8.57. The molecule has 2 atom stereocenters. The highest BCUT2D eigenvalue weighted by atomic mass is 16.5. The van der Waals surface area contributed by atoms with Gasteiger partial charge in [0.15, 0.2) is 0 Å². The quantitative estimate of drug-likeness (QED) is 0.779. The standard InChI is InChI=1S/C12H17NO/c1-2-5-11-12(13)10-7-4-3-6-9(10)8-14-11/h3-4,6-7,11-12H,2,5,8,13H2,1H3.